The summed E-state index contributed by atoms with van der Waals surface area (Å²) < 4.78 is 18.8. The van der Waals surface area contributed by atoms with Gasteiger partial charge in [-0.15, -0.1) is 0 Å². The molecule has 5 rings (SSSR count). The maximum absolute atomic E-state index is 13.5. The number of aromatic nitrogens is 4. The molecule has 0 saturated carbocycles. The van der Waals surface area contributed by atoms with Crippen molar-refractivity contribution in [2.45, 2.75) is 20.0 Å². The third-order valence-electron chi connectivity index (χ3n) is 6.00. The van der Waals surface area contributed by atoms with Crippen LogP contribution in [0.5, 0.6) is 11.5 Å². The highest BCUT2D eigenvalue weighted by molar-refractivity contribution is 5.77. The van der Waals surface area contributed by atoms with Gasteiger partial charge in [-0.25, -0.2) is 4.79 Å². The van der Waals surface area contributed by atoms with Gasteiger partial charge in [-0.05, 0) is 42.8 Å². The summed E-state index contributed by atoms with van der Waals surface area (Å²) >= 11 is 0. The molecule has 0 amide bonds. The lowest BCUT2D eigenvalue weighted by Gasteiger charge is -2.13. The van der Waals surface area contributed by atoms with Crippen molar-refractivity contribution in [3.63, 3.8) is 0 Å². The van der Waals surface area contributed by atoms with Crippen LogP contribution in [0.1, 0.15) is 17.0 Å². The van der Waals surface area contributed by atoms with Crippen LogP contribution in [0.3, 0.4) is 0 Å². The van der Waals surface area contributed by atoms with Crippen molar-refractivity contribution in [2.24, 2.45) is 0 Å². The van der Waals surface area contributed by atoms with E-state index >= 15 is 0 Å². The summed E-state index contributed by atoms with van der Waals surface area (Å²) in [7, 11) is 3.11. The topological polar surface area (TPSA) is 101 Å². The molecule has 0 radical (unpaired) electrons. The van der Waals surface area contributed by atoms with Crippen molar-refractivity contribution < 1.29 is 14.0 Å². The second-order valence-electron chi connectivity index (χ2n) is 8.34. The third-order valence-corrected chi connectivity index (χ3v) is 6.00. The van der Waals surface area contributed by atoms with E-state index in [-0.39, 0.29) is 24.5 Å². The summed E-state index contributed by atoms with van der Waals surface area (Å²) in [5.41, 5.74) is 2.33. The van der Waals surface area contributed by atoms with E-state index < -0.39 is 5.69 Å². The summed E-state index contributed by atoms with van der Waals surface area (Å²) in [4.78, 5) is 31.2. The largest absolute Gasteiger partial charge is 0.493 e. The molecule has 0 aliphatic carbocycles. The van der Waals surface area contributed by atoms with Crippen molar-refractivity contribution in [3.8, 4) is 22.9 Å². The number of fused-ring (bicyclic) bond motifs is 1. The molecule has 2 heterocycles. The van der Waals surface area contributed by atoms with E-state index in [1.165, 1.54) is 9.13 Å². The average Bonchev–Trinajstić information content (AvgIpc) is 3.38. The molecule has 36 heavy (non-hydrogen) atoms. The van der Waals surface area contributed by atoms with E-state index in [2.05, 4.69) is 10.1 Å². The number of hydrogen-bond acceptors (Lipinski definition) is 7. The Hall–Kier alpha value is -4.66. The number of ether oxygens (including phenoxy) is 2. The number of hydrogen-bond donors (Lipinski definition) is 0. The number of rotatable bonds is 7. The van der Waals surface area contributed by atoms with E-state index in [0.717, 1.165) is 11.1 Å². The van der Waals surface area contributed by atoms with Crippen LogP contribution in [0.25, 0.3) is 22.3 Å². The number of aryl methyl sites for hydroxylation is 1. The molecule has 0 unspecified atom stereocenters. The first kappa shape index (κ1) is 23.1. The maximum atomic E-state index is 13.5. The van der Waals surface area contributed by atoms with Crippen molar-refractivity contribution in [1.29, 1.82) is 0 Å². The van der Waals surface area contributed by atoms with Crippen molar-refractivity contribution in [1.82, 2.24) is 19.3 Å². The lowest BCUT2D eigenvalue weighted by atomic mass is 10.1. The standard InChI is InChI=1S/C27H24N4O5/c1-17-8-10-18(11-9-17)15-31-26(32)20-6-4-5-7-21(20)30(27(31)33)16-24-28-25(29-36-24)19-12-13-22(34-2)23(14-19)35-3/h4-14H,15-16H2,1-3H3. The Bertz CT molecular complexity index is 1660. The fourth-order valence-corrected chi connectivity index (χ4v) is 4.09. The van der Waals surface area contributed by atoms with Gasteiger partial charge >= 0.3 is 5.69 Å². The average molecular weight is 485 g/mol. The zero-order valence-electron chi connectivity index (χ0n) is 20.1. The molecule has 0 bridgehead atoms. The van der Waals surface area contributed by atoms with Gasteiger partial charge in [-0.1, -0.05) is 47.1 Å². The van der Waals surface area contributed by atoms with Gasteiger partial charge in [0.25, 0.3) is 5.56 Å². The van der Waals surface area contributed by atoms with Crippen LogP contribution in [0, 0.1) is 6.92 Å². The summed E-state index contributed by atoms with van der Waals surface area (Å²) in [6, 6.07) is 20.0. The minimum atomic E-state index is -0.454. The zero-order valence-corrected chi connectivity index (χ0v) is 20.1. The normalized spacial score (nSPS) is 11.1. The minimum Gasteiger partial charge on any atom is -0.493 e. The van der Waals surface area contributed by atoms with Crippen molar-refractivity contribution in [2.75, 3.05) is 14.2 Å². The maximum Gasteiger partial charge on any atom is 0.332 e. The molecule has 2 aromatic heterocycles. The van der Waals surface area contributed by atoms with E-state index in [1.807, 2.05) is 31.2 Å². The van der Waals surface area contributed by atoms with Crippen LogP contribution >= 0.6 is 0 Å². The number of benzene rings is 3. The van der Waals surface area contributed by atoms with Gasteiger partial charge in [0, 0.05) is 5.56 Å². The SMILES string of the molecule is COc1ccc(-c2noc(Cn3c(=O)n(Cc4ccc(C)cc4)c(=O)c4ccccc43)n2)cc1OC. The Kier molecular flexibility index (Phi) is 6.12. The van der Waals surface area contributed by atoms with E-state index in [9.17, 15) is 9.59 Å². The van der Waals surface area contributed by atoms with E-state index in [4.69, 9.17) is 14.0 Å². The molecular weight excluding hydrogens is 460 g/mol. The smallest absolute Gasteiger partial charge is 0.332 e. The molecule has 0 spiro atoms. The highest BCUT2D eigenvalue weighted by atomic mass is 16.5. The second-order valence-corrected chi connectivity index (χ2v) is 8.34. The Labute approximate surface area is 206 Å². The predicted molar refractivity (Wildman–Crippen MR) is 135 cm³/mol. The van der Waals surface area contributed by atoms with Gasteiger partial charge in [0.1, 0.15) is 6.54 Å². The van der Waals surface area contributed by atoms with E-state index in [0.29, 0.717) is 33.8 Å². The highest BCUT2D eigenvalue weighted by Gasteiger charge is 2.17. The summed E-state index contributed by atoms with van der Waals surface area (Å²) in [6.45, 7) is 2.15. The fourth-order valence-electron chi connectivity index (χ4n) is 4.09. The Balaban J connectivity index is 1.55. The van der Waals surface area contributed by atoms with Crippen molar-refractivity contribution >= 4 is 10.9 Å². The zero-order chi connectivity index (χ0) is 25.2. The molecule has 0 N–H and O–H groups in total. The van der Waals surface area contributed by atoms with Crippen LogP contribution in [0.4, 0.5) is 0 Å². The lowest BCUT2D eigenvalue weighted by molar-refractivity contribution is 0.355. The lowest BCUT2D eigenvalue weighted by Crippen LogP contribution is -2.40. The van der Waals surface area contributed by atoms with Gasteiger partial charge in [0.15, 0.2) is 11.5 Å². The van der Waals surface area contributed by atoms with Gasteiger partial charge in [0.2, 0.25) is 11.7 Å². The van der Waals surface area contributed by atoms with E-state index in [1.54, 1.807) is 56.7 Å². The fraction of sp³-hybridized carbons (Fsp3) is 0.185. The molecule has 3 aromatic carbocycles. The summed E-state index contributed by atoms with van der Waals surface area (Å²) in [5, 5.41) is 4.51. The molecule has 9 nitrogen and oxygen atoms in total. The Morgan fingerprint density at radius 1 is 0.861 bits per heavy atom. The first-order chi connectivity index (χ1) is 17.5. The van der Waals surface area contributed by atoms with Gasteiger partial charge < -0.3 is 14.0 Å². The molecular formula is C27H24N4O5. The van der Waals surface area contributed by atoms with Crippen LogP contribution < -0.4 is 20.7 Å². The van der Waals surface area contributed by atoms with Crippen LogP contribution in [-0.4, -0.2) is 33.5 Å². The molecule has 0 aliphatic rings. The predicted octanol–water partition coefficient (Wildman–Crippen LogP) is 3.64. The number of methoxy groups -OCH3 is 2. The molecule has 0 fully saturated rings. The van der Waals surface area contributed by atoms with Gasteiger partial charge in [0.05, 0.1) is 31.7 Å². The highest BCUT2D eigenvalue weighted by Crippen LogP contribution is 2.31. The Morgan fingerprint density at radius 3 is 2.36 bits per heavy atom. The second kappa shape index (κ2) is 9.53. The first-order valence-corrected chi connectivity index (χ1v) is 11.3. The Morgan fingerprint density at radius 2 is 1.61 bits per heavy atom. The summed E-state index contributed by atoms with van der Waals surface area (Å²) in [6.07, 6.45) is 0. The monoisotopic (exact) mass is 484 g/mol. The molecule has 5 aromatic rings. The molecule has 182 valence electrons. The van der Waals surface area contributed by atoms with Crippen molar-refractivity contribution in [3.05, 3.63) is 105 Å². The van der Waals surface area contributed by atoms with Crippen LogP contribution in [-0.2, 0) is 13.1 Å². The first-order valence-electron chi connectivity index (χ1n) is 11.3. The molecule has 0 atom stereocenters. The third kappa shape index (κ3) is 4.26. The molecule has 9 heteroatoms. The quantitative estimate of drug-likeness (QED) is 0.348. The molecule has 0 aliphatic heterocycles. The minimum absolute atomic E-state index is 0.00775. The van der Waals surface area contributed by atoms with Gasteiger partial charge in [-0.3, -0.25) is 13.9 Å². The number of nitrogens with zero attached hydrogens (tertiary/aromatic N) is 4. The van der Waals surface area contributed by atoms with Crippen LogP contribution in [0.15, 0.2) is 80.8 Å². The summed E-state index contributed by atoms with van der Waals surface area (Å²) in [5.74, 6) is 1.69. The molecule has 0 saturated heterocycles. The van der Waals surface area contributed by atoms with Gasteiger partial charge in [-0.2, -0.15) is 4.98 Å². The number of para-hydroxylation sites is 1. The van der Waals surface area contributed by atoms with Crippen LogP contribution in [0.2, 0.25) is 0 Å².